The smallest absolute Gasteiger partial charge is 0.161 e. The zero-order chi connectivity index (χ0) is 13.7. The van der Waals surface area contributed by atoms with Gasteiger partial charge in [-0.15, -0.1) is 0 Å². The number of piperidine rings is 1. The highest BCUT2D eigenvalue weighted by atomic mass is 16.5. The Kier molecular flexibility index (Phi) is 4.66. The first kappa shape index (κ1) is 14.2. The molecule has 2 N–H and O–H groups in total. The number of β-amino-alcohol motifs (C(OH)–C–C–N with tert-alkyl or cyclic N) is 1. The molecular formula is C15H23NO3. The molecule has 0 bridgehead atoms. The molecule has 0 saturated carbocycles. The second kappa shape index (κ2) is 6.26. The Morgan fingerprint density at radius 1 is 1.21 bits per heavy atom. The van der Waals surface area contributed by atoms with Crippen LogP contribution in [0.4, 0.5) is 0 Å². The summed E-state index contributed by atoms with van der Waals surface area (Å²) in [6.07, 6.45) is 1.76. The third-order valence-electron chi connectivity index (χ3n) is 3.44. The van der Waals surface area contributed by atoms with Gasteiger partial charge in [0.2, 0.25) is 0 Å². The van der Waals surface area contributed by atoms with E-state index in [1.54, 1.807) is 0 Å². The normalized spacial score (nSPS) is 23.1. The Morgan fingerprint density at radius 2 is 1.95 bits per heavy atom. The summed E-state index contributed by atoms with van der Waals surface area (Å²) in [7, 11) is 0. The van der Waals surface area contributed by atoms with Crippen LogP contribution >= 0.6 is 0 Å². The maximum atomic E-state index is 10.7. The van der Waals surface area contributed by atoms with E-state index < -0.39 is 5.60 Å². The Labute approximate surface area is 114 Å². The minimum Gasteiger partial charge on any atom is -0.490 e. The molecule has 0 aliphatic carbocycles. The van der Waals surface area contributed by atoms with Crippen LogP contribution in [0.3, 0.4) is 0 Å². The number of nitrogens with one attached hydrogen (secondary N) is 1. The van der Waals surface area contributed by atoms with Crippen molar-refractivity contribution in [3.8, 4) is 11.5 Å². The summed E-state index contributed by atoms with van der Waals surface area (Å²) in [6.45, 7) is 6.64. The number of hydrogen-bond donors (Lipinski definition) is 2. The van der Waals surface area contributed by atoms with Gasteiger partial charge in [-0.25, -0.2) is 0 Å². The summed E-state index contributed by atoms with van der Waals surface area (Å²) in [5.41, 5.74) is 0.0982. The zero-order valence-electron chi connectivity index (χ0n) is 11.7. The minimum absolute atomic E-state index is 0.584. The lowest BCUT2D eigenvalue weighted by Crippen LogP contribution is -2.43. The molecule has 4 heteroatoms. The molecule has 106 valence electrons. The van der Waals surface area contributed by atoms with Gasteiger partial charge in [-0.05, 0) is 50.9 Å². The lowest BCUT2D eigenvalue weighted by atomic mass is 9.86. The van der Waals surface area contributed by atoms with Gasteiger partial charge < -0.3 is 19.9 Å². The van der Waals surface area contributed by atoms with E-state index in [2.05, 4.69) is 5.32 Å². The topological polar surface area (TPSA) is 50.7 Å². The highest BCUT2D eigenvalue weighted by molar-refractivity contribution is 5.45. The Bertz CT molecular complexity index is 414. The molecular weight excluding hydrogens is 242 g/mol. The summed E-state index contributed by atoms with van der Waals surface area (Å²) >= 11 is 0. The van der Waals surface area contributed by atoms with E-state index in [0.29, 0.717) is 25.5 Å². The van der Waals surface area contributed by atoms with Crippen molar-refractivity contribution >= 4 is 0 Å². The molecule has 1 aliphatic rings. The fourth-order valence-corrected chi connectivity index (χ4v) is 2.48. The molecule has 1 atom stereocenters. The first-order chi connectivity index (χ1) is 9.19. The summed E-state index contributed by atoms with van der Waals surface area (Å²) in [5, 5.41) is 13.9. The van der Waals surface area contributed by atoms with Crippen LogP contribution in [-0.4, -0.2) is 31.4 Å². The lowest BCUT2D eigenvalue weighted by Gasteiger charge is -2.33. The molecule has 1 aromatic carbocycles. The molecule has 1 aromatic rings. The van der Waals surface area contributed by atoms with Crippen molar-refractivity contribution in [2.75, 3.05) is 26.3 Å². The van der Waals surface area contributed by atoms with Crippen LogP contribution in [0.25, 0.3) is 0 Å². The molecule has 0 radical (unpaired) electrons. The first-order valence-electron chi connectivity index (χ1n) is 7.03. The highest BCUT2D eigenvalue weighted by Crippen LogP contribution is 2.35. The van der Waals surface area contributed by atoms with Gasteiger partial charge >= 0.3 is 0 Å². The van der Waals surface area contributed by atoms with Gasteiger partial charge in [0.05, 0.1) is 13.2 Å². The molecule has 1 saturated heterocycles. The molecule has 0 amide bonds. The standard InChI is InChI=1S/C15H23NO3/c1-3-18-13-7-6-12(10-14(13)19-4-2)15(17)8-5-9-16-11-15/h6-7,10,16-17H,3-5,8-9,11H2,1-2H3. The number of rotatable bonds is 5. The number of aliphatic hydroxyl groups is 1. The van der Waals surface area contributed by atoms with Crippen molar-refractivity contribution in [1.29, 1.82) is 0 Å². The molecule has 1 heterocycles. The predicted molar refractivity (Wildman–Crippen MR) is 74.8 cm³/mol. The number of hydrogen-bond acceptors (Lipinski definition) is 4. The van der Waals surface area contributed by atoms with Gasteiger partial charge in [-0.2, -0.15) is 0 Å². The van der Waals surface area contributed by atoms with Crippen molar-refractivity contribution < 1.29 is 14.6 Å². The molecule has 0 aromatic heterocycles. The Morgan fingerprint density at radius 3 is 2.58 bits per heavy atom. The van der Waals surface area contributed by atoms with Gasteiger partial charge in [0, 0.05) is 6.54 Å². The van der Waals surface area contributed by atoms with Crippen molar-refractivity contribution in [2.24, 2.45) is 0 Å². The van der Waals surface area contributed by atoms with E-state index in [-0.39, 0.29) is 0 Å². The van der Waals surface area contributed by atoms with Crippen LogP contribution in [-0.2, 0) is 5.60 Å². The molecule has 4 nitrogen and oxygen atoms in total. The molecule has 1 aliphatic heterocycles. The molecule has 1 unspecified atom stereocenters. The third kappa shape index (κ3) is 3.19. The van der Waals surface area contributed by atoms with Crippen LogP contribution in [0.2, 0.25) is 0 Å². The first-order valence-corrected chi connectivity index (χ1v) is 7.03. The zero-order valence-corrected chi connectivity index (χ0v) is 11.7. The Hall–Kier alpha value is -1.26. The van der Waals surface area contributed by atoms with E-state index in [0.717, 1.165) is 30.7 Å². The predicted octanol–water partition coefficient (Wildman–Crippen LogP) is 2.05. The summed E-state index contributed by atoms with van der Waals surface area (Å²) < 4.78 is 11.2. The minimum atomic E-state index is -0.797. The second-order valence-electron chi connectivity index (χ2n) is 4.84. The Balaban J connectivity index is 2.28. The maximum absolute atomic E-state index is 10.7. The maximum Gasteiger partial charge on any atom is 0.161 e. The van der Waals surface area contributed by atoms with Crippen molar-refractivity contribution in [2.45, 2.75) is 32.3 Å². The fourth-order valence-electron chi connectivity index (χ4n) is 2.48. The summed E-state index contributed by atoms with van der Waals surface area (Å²) in [5.74, 6) is 1.45. The third-order valence-corrected chi connectivity index (χ3v) is 3.44. The molecule has 2 rings (SSSR count). The van der Waals surface area contributed by atoms with E-state index >= 15 is 0 Å². The van der Waals surface area contributed by atoms with Crippen LogP contribution in [0.15, 0.2) is 18.2 Å². The van der Waals surface area contributed by atoms with E-state index in [1.165, 1.54) is 0 Å². The fraction of sp³-hybridized carbons (Fsp3) is 0.600. The number of ether oxygens (including phenoxy) is 2. The van der Waals surface area contributed by atoms with Crippen molar-refractivity contribution in [1.82, 2.24) is 5.32 Å². The summed E-state index contributed by atoms with van der Waals surface area (Å²) in [4.78, 5) is 0. The molecule has 0 spiro atoms. The van der Waals surface area contributed by atoms with Gasteiger partial charge in [-0.1, -0.05) is 6.07 Å². The van der Waals surface area contributed by atoms with Gasteiger partial charge in [-0.3, -0.25) is 0 Å². The van der Waals surface area contributed by atoms with Crippen LogP contribution in [0.5, 0.6) is 11.5 Å². The van der Waals surface area contributed by atoms with Crippen LogP contribution in [0.1, 0.15) is 32.3 Å². The quantitative estimate of drug-likeness (QED) is 0.855. The van der Waals surface area contributed by atoms with Crippen LogP contribution in [0, 0.1) is 0 Å². The number of benzene rings is 1. The van der Waals surface area contributed by atoms with E-state index in [4.69, 9.17) is 9.47 Å². The van der Waals surface area contributed by atoms with E-state index in [9.17, 15) is 5.11 Å². The second-order valence-corrected chi connectivity index (χ2v) is 4.84. The largest absolute Gasteiger partial charge is 0.490 e. The average Bonchev–Trinajstić information content (AvgIpc) is 2.42. The van der Waals surface area contributed by atoms with Crippen LogP contribution < -0.4 is 14.8 Å². The molecule has 19 heavy (non-hydrogen) atoms. The lowest BCUT2D eigenvalue weighted by molar-refractivity contribution is 0.0120. The van der Waals surface area contributed by atoms with Crippen molar-refractivity contribution in [3.63, 3.8) is 0 Å². The average molecular weight is 265 g/mol. The molecule has 1 fully saturated rings. The highest BCUT2D eigenvalue weighted by Gasteiger charge is 2.31. The SMILES string of the molecule is CCOc1ccc(C2(O)CCCNC2)cc1OCC. The summed E-state index contributed by atoms with van der Waals surface area (Å²) in [6, 6.07) is 5.72. The van der Waals surface area contributed by atoms with Gasteiger partial charge in [0.15, 0.2) is 11.5 Å². The monoisotopic (exact) mass is 265 g/mol. The van der Waals surface area contributed by atoms with Gasteiger partial charge in [0.1, 0.15) is 5.60 Å². The van der Waals surface area contributed by atoms with Crippen molar-refractivity contribution in [3.05, 3.63) is 23.8 Å². The van der Waals surface area contributed by atoms with E-state index in [1.807, 2.05) is 32.0 Å². The van der Waals surface area contributed by atoms with Gasteiger partial charge in [0.25, 0.3) is 0 Å².